The third-order valence-corrected chi connectivity index (χ3v) is 3.02. The Kier molecular flexibility index (Phi) is 4.73. The van der Waals surface area contributed by atoms with Gasteiger partial charge in [-0.05, 0) is 48.8 Å². The van der Waals surface area contributed by atoms with Gasteiger partial charge in [-0.1, -0.05) is 0 Å². The third kappa shape index (κ3) is 4.58. The van der Waals surface area contributed by atoms with Crippen LogP contribution in [0.5, 0.6) is 11.5 Å². The largest absolute Gasteiger partial charge is 0.454 e. The molecule has 106 valence electrons. The topological polar surface area (TPSA) is 47.0 Å². The lowest BCUT2D eigenvalue weighted by molar-refractivity contribution is 0.413. The lowest BCUT2D eigenvalue weighted by Crippen LogP contribution is -2.35. The van der Waals surface area contributed by atoms with Gasteiger partial charge in [0, 0.05) is 34.5 Å². The molecule has 0 spiro atoms. The van der Waals surface area contributed by atoms with E-state index in [0.29, 0.717) is 5.75 Å². The number of hydrogen-bond acceptors (Lipinski definition) is 4. The molecule has 2 aromatic heterocycles. The van der Waals surface area contributed by atoms with Crippen molar-refractivity contribution in [2.75, 3.05) is 0 Å². The molecule has 2 aromatic rings. The first kappa shape index (κ1) is 14.9. The summed E-state index contributed by atoms with van der Waals surface area (Å²) in [6.07, 6.45) is 6.89. The summed E-state index contributed by atoms with van der Waals surface area (Å²) in [5, 5.41) is 3.44. The van der Waals surface area contributed by atoms with Crippen LogP contribution in [0.15, 0.2) is 41.4 Å². The molecule has 0 aromatic carbocycles. The Bertz CT molecular complexity index is 581. The summed E-state index contributed by atoms with van der Waals surface area (Å²) in [6.45, 7) is 7.12. The van der Waals surface area contributed by atoms with Crippen LogP contribution in [0, 0.1) is 0 Å². The van der Waals surface area contributed by atoms with Crippen LogP contribution in [-0.4, -0.2) is 15.5 Å². The Balaban J connectivity index is 2.15. The molecule has 0 fully saturated rings. The molecule has 0 amide bonds. The molecule has 0 saturated carbocycles. The number of hydrogen-bond donors (Lipinski definition) is 1. The average Bonchev–Trinajstić information content (AvgIpc) is 2.37. The summed E-state index contributed by atoms with van der Waals surface area (Å²) in [5.41, 5.74) is 1.12. The number of halogens is 1. The molecule has 20 heavy (non-hydrogen) atoms. The molecule has 0 radical (unpaired) electrons. The minimum Gasteiger partial charge on any atom is -0.454 e. The fourth-order valence-corrected chi connectivity index (χ4v) is 1.93. The average molecular weight is 336 g/mol. The van der Waals surface area contributed by atoms with E-state index in [-0.39, 0.29) is 5.54 Å². The van der Waals surface area contributed by atoms with Crippen molar-refractivity contribution in [2.45, 2.75) is 32.9 Å². The maximum Gasteiger partial charge on any atom is 0.150 e. The van der Waals surface area contributed by atoms with Gasteiger partial charge in [-0.25, -0.2) is 0 Å². The lowest BCUT2D eigenvalue weighted by Gasteiger charge is -2.21. The standard InChI is InChI=1S/C15H18BrN3O/c1-15(2,3)19-7-11-4-5-17-10-14(11)20-13-6-12(16)8-18-9-13/h4-6,8-10,19H,7H2,1-3H3. The first-order valence-electron chi connectivity index (χ1n) is 6.40. The zero-order valence-corrected chi connectivity index (χ0v) is 13.4. The quantitative estimate of drug-likeness (QED) is 0.919. The van der Waals surface area contributed by atoms with E-state index in [9.17, 15) is 0 Å². The van der Waals surface area contributed by atoms with E-state index >= 15 is 0 Å². The highest BCUT2D eigenvalue weighted by Gasteiger charge is 2.11. The van der Waals surface area contributed by atoms with E-state index in [1.165, 1.54) is 0 Å². The molecule has 0 atom stereocenters. The van der Waals surface area contributed by atoms with Gasteiger partial charge in [0.05, 0.1) is 12.4 Å². The second-order valence-electron chi connectivity index (χ2n) is 5.53. The predicted octanol–water partition coefficient (Wildman–Crippen LogP) is 3.92. The minimum atomic E-state index is 0.0534. The number of nitrogens with zero attached hydrogens (tertiary/aromatic N) is 2. The highest BCUT2D eigenvalue weighted by Crippen LogP contribution is 2.26. The van der Waals surface area contributed by atoms with Gasteiger partial charge in [-0.2, -0.15) is 0 Å². The molecule has 4 nitrogen and oxygen atoms in total. The summed E-state index contributed by atoms with van der Waals surface area (Å²) in [6, 6.07) is 3.83. The van der Waals surface area contributed by atoms with Crippen molar-refractivity contribution in [1.29, 1.82) is 0 Å². The van der Waals surface area contributed by atoms with Crippen LogP contribution in [0.2, 0.25) is 0 Å². The van der Waals surface area contributed by atoms with Gasteiger partial charge in [-0.3, -0.25) is 9.97 Å². The van der Waals surface area contributed by atoms with Gasteiger partial charge in [0.25, 0.3) is 0 Å². The summed E-state index contributed by atoms with van der Waals surface area (Å²) in [4.78, 5) is 8.21. The molecular weight excluding hydrogens is 318 g/mol. The summed E-state index contributed by atoms with van der Waals surface area (Å²) in [5.74, 6) is 1.42. The monoisotopic (exact) mass is 335 g/mol. The molecule has 0 aliphatic carbocycles. The number of ether oxygens (including phenoxy) is 1. The second kappa shape index (κ2) is 6.33. The summed E-state index contributed by atoms with van der Waals surface area (Å²) >= 11 is 3.38. The molecule has 0 aliphatic heterocycles. The second-order valence-corrected chi connectivity index (χ2v) is 6.44. The van der Waals surface area contributed by atoms with Gasteiger partial charge in [-0.15, -0.1) is 0 Å². The van der Waals surface area contributed by atoms with Crippen molar-refractivity contribution >= 4 is 15.9 Å². The summed E-state index contributed by atoms with van der Waals surface area (Å²) < 4.78 is 6.74. The first-order valence-corrected chi connectivity index (χ1v) is 7.20. The van der Waals surface area contributed by atoms with Crippen LogP contribution >= 0.6 is 15.9 Å². The van der Waals surface area contributed by atoms with Crippen LogP contribution in [0.1, 0.15) is 26.3 Å². The maximum absolute atomic E-state index is 5.86. The van der Waals surface area contributed by atoms with Gasteiger partial charge in [0.15, 0.2) is 0 Å². The Morgan fingerprint density at radius 2 is 2.00 bits per heavy atom. The zero-order chi connectivity index (χ0) is 14.6. The highest BCUT2D eigenvalue weighted by molar-refractivity contribution is 9.10. The van der Waals surface area contributed by atoms with Gasteiger partial charge < -0.3 is 10.1 Å². The summed E-state index contributed by atoms with van der Waals surface area (Å²) in [7, 11) is 0. The van der Waals surface area contributed by atoms with Crippen molar-refractivity contribution in [3.63, 3.8) is 0 Å². The van der Waals surface area contributed by atoms with Crippen LogP contribution in [-0.2, 0) is 6.54 Å². The number of aromatic nitrogens is 2. The van der Waals surface area contributed by atoms with Crippen LogP contribution in [0.3, 0.4) is 0 Å². The Morgan fingerprint density at radius 1 is 1.20 bits per heavy atom. The zero-order valence-electron chi connectivity index (χ0n) is 11.9. The molecular formula is C15H18BrN3O. The van der Waals surface area contributed by atoms with E-state index in [4.69, 9.17) is 4.74 Å². The fraction of sp³-hybridized carbons (Fsp3) is 0.333. The van der Waals surface area contributed by atoms with Crippen molar-refractivity contribution in [1.82, 2.24) is 15.3 Å². The van der Waals surface area contributed by atoms with Crippen molar-refractivity contribution in [3.8, 4) is 11.5 Å². The molecule has 2 heterocycles. The Labute approximate surface area is 127 Å². The van der Waals surface area contributed by atoms with Gasteiger partial charge >= 0.3 is 0 Å². The number of rotatable bonds is 4. The van der Waals surface area contributed by atoms with Crippen LogP contribution < -0.4 is 10.1 Å². The molecule has 0 bridgehead atoms. The molecule has 1 N–H and O–H groups in total. The van der Waals surface area contributed by atoms with Crippen LogP contribution in [0.4, 0.5) is 0 Å². The van der Waals surface area contributed by atoms with Crippen molar-refractivity contribution in [3.05, 3.63) is 47.0 Å². The van der Waals surface area contributed by atoms with E-state index in [0.717, 1.165) is 22.3 Å². The molecule has 0 saturated heterocycles. The fourth-order valence-electron chi connectivity index (χ4n) is 1.58. The van der Waals surface area contributed by atoms with Crippen LogP contribution in [0.25, 0.3) is 0 Å². The van der Waals surface area contributed by atoms with Gasteiger partial charge in [0.1, 0.15) is 11.5 Å². The molecule has 2 rings (SSSR count). The van der Waals surface area contributed by atoms with Crippen molar-refractivity contribution < 1.29 is 4.74 Å². The Morgan fingerprint density at radius 3 is 2.70 bits per heavy atom. The lowest BCUT2D eigenvalue weighted by atomic mass is 10.1. The van der Waals surface area contributed by atoms with E-state index < -0.39 is 0 Å². The third-order valence-electron chi connectivity index (χ3n) is 2.59. The SMILES string of the molecule is CC(C)(C)NCc1ccncc1Oc1cncc(Br)c1. The molecule has 5 heteroatoms. The van der Waals surface area contributed by atoms with Crippen molar-refractivity contribution in [2.24, 2.45) is 0 Å². The molecule has 0 unspecified atom stereocenters. The Hall–Kier alpha value is -1.46. The van der Waals surface area contributed by atoms with E-state index in [1.807, 2.05) is 12.1 Å². The van der Waals surface area contributed by atoms with Gasteiger partial charge in [0.2, 0.25) is 0 Å². The first-order chi connectivity index (χ1) is 9.44. The highest BCUT2D eigenvalue weighted by atomic mass is 79.9. The normalized spacial score (nSPS) is 11.4. The maximum atomic E-state index is 5.86. The smallest absolute Gasteiger partial charge is 0.150 e. The molecule has 0 aliphatic rings. The number of pyridine rings is 2. The van der Waals surface area contributed by atoms with E-state index in [2.05, 4.69) is 52.0 Å². The minimum absolute atomic E-state index is 0.0534. The van der Waals surface area contributed by atoms with E-state index in [1.54, 1.807) is 24.8 Å². The predicted molar refractivity (Wildman–Crippen MR) is 82.8 cm³/mol. The number of nitrogens with one attached hydrogen (secondary N) is 1.